The summed E-state index contributed by atoms with van der Waals surface area (Å²) in [5, 5.41) is 11.4. The van der Waals surface area contributed by atoms with Crippen molar-refractivity contribution in [2.45, 2.75) is 45.9 Å². The lowest BCUT2D eigenvalue weighted by molar-refractivity contribution is 0.122. The fraction of sp³-hybridized carbons (Fsp3) is 0.538. The first-order valence-electron chi connectivity index (χ1n) is 6.70. The zero-order valence-electron chi connectivity index (χ0n) is 11.9. The number of hydrogen-bond donors (Lipinski definition) is 1. The third-order valence-corrected chi connectivity index (χ3v) is 2.89. The van der Waals surface area contributed by atoms with Crippen LogP contribution in [0.5, 0.6) is 0 Å². The molecule has 8 heteroatoms. The number of alkyl halides is 2. The van der Waals surface area contributed by atoms with Crippen molar-refractivity contribution in [3.63, 3.8) is 0 Å². The number of nitrogens with zero attached hydrogens (tertiary/aromatic N) is 4. The molecule has 0 amide bonds. The SMILES string of the molecule is CCCn1nccc1CNCc1cnn(CC(F)F)c1.Cl. The standard InChI is InChI=1S/C13H19F2N5.ClH/c1-2-5-20-12(3-4-17-20)8-16-6-11-7-18-19(9-11)10-13(14)15;/h3-4,7,9,13,16H,2,5-6,8,10H2,1H3;1H. The second-order valence-corrected chi connectivity index (χ2v) is 4.61. The Hall–Kier alpha value is -1.47. The molecule has 0 bridgehead atoms. The van der Waals surface area contributed by atoms with Crippen molar-refractivity contribution in [3.8, 4) is 0 Å². The molecular formula is C13H20ClF2N5. The third kappa shape index (κ3) is 5.43. The van der Waals surface area contributed by atoms with Gasteiger partial charge in [0.1, 0.15) is 6.54 Å². The Morgan fingerprint density at radius 3 is 2.81 bits per heavy atom. The minimum atomic E-state index is -2.38. The van der Waals surface area contributed by atoms with Gasteiger partial charge in [-0.05, 0) is 12.5 Å². The van der Waals surface area contributed by atoms with Gasteiger partial charge in [-0.1, -0.05) is 6.92 Å². The molecule has 2 aromatic rings. The van der Waals surface area contributed by atoms with E-state index in [9.17, 15) is 8.78 Å². The summed E-state index contributed by atoms with van der Waals surface area (Å²) >= 11 is 0. The van der Waals surface area contributed by atoms with Crippen molar-refractivity contribution >= 4 is 12.4 Å². The van der Waals surface area contributed by atoms with E-state index in [0.717, 1.165) is 24.2 Å². The summed E-state index contributed by atoms with van der Waals surface area (Å²) in [6, 6.07) is 1.98. The second-order valence-electron chi connectivity index (χ2n) is 4.61. The molecule has 0 aromatic carbocycles. The Bertz CT molecular complexity index is 526. The zero-order valence-corrected chi connectivity index (χ0v) is 12.7. The van der Waals surface area contributed by atoms with Gasteiger partial charge < -0.3 is 5.32 Å². The molecule has 2 aromatic heterocycles. The first-order chi connectivity index (χ1) is 9.69. The van der Waals surface area contributed by atoms with Crippen LogP contribution in [-0.2, 0) is 26.2 Å². The van der Waals surface area contributed by atoms with Crippen LogP contribution < -0.4 is 5.32 Å². The fourth-order valence-corrected chi connectivity index (χ4v) is 2.00. The number of hydrogen-bond acceptors (Lipinski definition) is 3. The Kier molecular flexibility index (Phi) is 7.31. The maximum absolute atomic E-state index is 12.2. The third-order valence-electron chi connectivity index (χ3n) is 2.89. The highest BCUT2D eigenvalue weighted by atomic mass is 35.5. The van der Waals surface area contributed by atoms with Crippen LogP contribution in [-0.4, -0.2) is 26.0 Å². The van der Waals surface area contributed by atoms with Gasteiger partial charge in [0, 0.05) is 37.6 Å². The number of aromatic nitrogens is 4. The summed E-state index contributed by atoms with van der Waals surface area (Å²) in [6.45, 7) is 3.94. The molecule has 21 heavy (non-hydrogen) atoms. The predicted molar refractivity (Wildman–Crippen MR) is 78.5 cm³/mol. The number of rotatable bonds is 8. The van der Waals surface area contributed by atoms with Crippen molar-refractivity contribution in [3.05, 3.63) is 35.9 Å². The topological polar surface area (TPSA) is 47.7 Å². The van der Waals surface area contributed by atoms with Gasteiger partial charge in [0.25, 0.3) is 6.43 Å². The number of nitrogens with one attached hydrogen (secondary N) is 1. The van der Waals surface area contributed by atoms with Gasteiger partial charge in [-0.3, -0.25) is 9.36 Å². The van der Waals surface area contributed by atoms with Gasteiger partial charge in [-0.25, -0.2) is 8.78 Å². The zero-order chi connectivity index (χ0) is 14.4. The van der Waals surface area contributed by atoms with Crippen LogP contribution in [0, 0.1) is 0 Å². The van der Waals surface area contributed by atoms with Gasteiger partial charge in [-0.15, -0.1) is 12.4 Å². The summed E-state index contributed by atoms with van der Waals surface area (Å²) in [6.07, 6.45) is 3.70. The molecule has 0 aliphatic carbocycles. The summed E-state index contributed by atoms with van der Waals surface area (Å²) in [5.74, 6) is 0. The van der Waals surface area contributed by atoms with E-state index in [-0.39, 0.29) is 19.0 Å². The maximum atomic E-state index is 12.2. The first-order valence-corrected chi connectivity index (χ1v) is 6.70. The highest BCUT2D eigenvalue weighted by molar-refractivity contribution is 5.85. The molecule has 0 atom stereocenters. The fourth-order valence-electron chi connectivity index (χ4n) is 2.00. The van der Waals surface area contributed by atoms with Crippen LogP contribution in [0.1, 0.15) is 24.6 Å². The molecule has 2 rings (SSSR count). The Morgan fingerprint density at radius 2 is 2.10 bits per heavy atom. The summed E-state index contributed by atoms with van der Waals surface area (Å²) in [7, 11) is 0. The van der Waals surface area contributed by atoms with Crippen molar-refractivity contribution in [2.75, 3.05) is 0 Å². The maximum Gasteiger partial charge on any atom is 0.257 e. The van der Waals surface area contributed by atoms with E-state index < -0.39 is 6.43 Å². The molecular weight excluding hydrogens is 300 g/mol. The van der Waals surface area contributed by atoms with Crippen molar-refractivity contribution in [1.82, 2.24) is 24.9 Å². The van der Waals surface area contributed by atoms with Gasteiger partial charge in [-0.2, -0.15) is 10.2 Å². The normalized spacial score (nSPS) is 10.9. The molecule has 0 aliphatic rings. The van der Waals surface area contributed by atoms with Crippen molar-refractivity contribution in [2.24, 2.45) is 0 Å². The number of aryl methyl sites for hydroxylation is 1. The van der Waals surface area contributed by atoms with Gasteiger partial charge in [0.05, 0.1) is 11.9 Å². The van der Waals surface area contributed by atoms with Crippen LogP contribution in [0.3, 0.4) is 0 Å². The van der Waals surface area contributed by atoms with Crippen LogP contribution in [0.4, 0.5) is 8.78 Å². The van der Waals surface area contributed by atoms with E-state index in [0.29, 0.717) is 13.1 Å². The van der Waals surface area contributed by atoms with Crippen molar-refractivity contribution < 1.29 is 8.78 Å². The molecule has 0 saturated carbocycles. The molecule has 2 heterocycles. The monoisotopic (exact) mass is 319 g/mol. The molecule has 0 unspecified atom stereocenters. The van der Waals surface area contributed by atoms with E-state index >= 15 is 0 Å². The average Bonchev–Trinajstić information content (AvgIpc) is 3.00. The largest absolute Gasteiger partial charge is 0.307 e. The quantitative estimate of drug-likeness (QED) is 0.813. The molecule has 0 saturated heterocycles. The van der Waals surface area contributed by atoms with Crippen LogP contribution in [0.2, 0.25) is 0 Å². The van der Waals surface area contributed by atoms with E-state index in [1.807, 2.05) is 10.7 Å². The van der Waals surface area contributed by atoms with Gasteiger partial charge >= 0.3 is 0 Å². The van der Waals surface area contributed by atoms with E-state index in [4.69, 9.17) is 0 Å². The lowest BCUT2D eigenvalue weighted by atomic mass is 10.3. The smallest absolute Gasteiger partial charge is 0.257 e. The van der Waals surface area contributed by atoms with Gasteiger partial charge in [0.15, 0.2) is 0 Å². The molecule has 0 aliphatic heterocycles. The Morgan fingerprint density at radius 1 is 1.29 bits per heavy atom. The van der Waals surface area contributed by atoms with Crippen molar-refractivity contribution in [1.29, 1.82) is 0 Å². The minimum absolute atomic E-state index is 0. The lowest BCUT2D eigenvalue weighted by Crippen LogP contribution is -2.16. The number of halogens is 3. The second kappa shape index (κ2) is 8.74. The molecule has 1 N–H and O–H groups in total. The summed E-state index contributed by atoms with van der Waals surface area (Å²) < 4.78 is 27.6. The van der Waals surface area contributed by atoms with Crippen LogP contribution in [0.15, 0.2) is 24.7 Å². The first kappa shape index (κ1) is 17.6. The minimum Gasteiger partial charge on any atom is -0.307 e. The lowest BCUT2D eigenvalue weighted by Gasteiger charge is -2.06. The van der Waals surface area contributed by atoms with Crippen LogP contribution >= 0.6 is 12.4 Å². The Balaban J connectivity index is 0.00000220. The highest BCUT2D eigenvalue weighted by Crippen LogP contribution is 2.03. The summed E-state index contributed by atoms with van der Waals surface area (Å²) in [4.78, 5) is 0. The predicted octanol–water partition coefficient (Wildman–Crippen LogP) is 2.47. The highest BCUT2D eigenvalue weighted by Gasteiger charge is 2.06. The molecule has 5 nitrogen and oxygen atoms in total. The van der Waals surface area contributed by atoms with E-state index in [1.165, 1.54) is 4.68 Å². The van der Waals surface area contributed by atoms with E-state index in [1.54, 1.807) is 18.6 Å². The van der Waals surface area contributed by atoms with Gasteiger partial charge in [0.2, 0.25) is 0 Å². The average molecular weight is 320 g/mol. The van der Waals surface area contributed by atoms with Crippen LogP contribution in [0.25, 0.3) is 0 Å². The summed E-state index contributed by atoms with van der Waals surface area (Å²) in [5.41, 5.74) is 2.01. The van der Waals surface area contributed by atoms with E-state index in [2.05, 4.69) is 22.4 Å². The molecule has 0 fully saturated rings. The molecule has 118 valence electrons. The molecule has 0 radical (unpaired) electrons. The Labute approximate surface area is 128 Å². The molecule has 0 spiro atoms.